The van der Waals surface area contributed by atoms with Crippen molar-refractivity contribution in [3.63, 3.8) is 0 Å². The highest BCUT2D eigenvalue weighted by Crippen LogP contribution is 2.27. The summed E-state index contributed by atoms with van der Waals surface area (Å²) < 4.78 is 17.5. The molecule has 3 aromatic rings. The molecule has 0 heterocycles. The molecule has 3 nitrogen and oxygen atoms in total. The van der Waals surface area contributed by atoms with Gasteiger partial charge in [0, 0.05) is 5.41 Å². The summed E-state index contributed by atoms with van der Waals surface area (Å²) in [4.78, 5) is 0. The number of para-hydroxylation sites is 1. The maximum absolute atomic E-state index is 6.04. The minimum absolute atomic E-state index is 0.108. The number of hydrogen-bond donors (Lipinski definition) is 0. The van der Waals surface area contributed by atoms with Crippen molar-refractivity contribution < 1.29 is 14.2 Å². The minimum Gasteiger partial charge on any atom is -0.492 e. The van der Waals surface area contributed by atoms with Gasteiger partial charge in [0.15, 0.2) is 0 Å². The van der Waals surface area contributed by atoms with Gasteiger partial charge in [-0.1, -0.05) is 56.3 Å². The molecule has 4 heteroatoms. The van der Waals surface area contributed by atoms with E-state index in [1.54, 1.807) is 0 Å². The standard InChI is InChI=1S/C25H27ClO3/c1-25(2,21-11-13-22(14-12-21)28-16-15-26)19-27-18-20-7-6-10-24(17-20)29-23-8-4-3-5-9-23/h3-14,17H,15-16,18-19H2,1-2H3. The van der Waals surface area contributed by atoms with Crippen LogP contribution in [0.5, 0.6) is 17.2 Å². The number of ether oxygens (including phenoxy) is 3. The van der Waals surface area contributed by atoms with E-state index in [0.717, 1.165) is 22.8 Å². The molecule has 0 bridgehead atoms. The molecule has 152 valence electrons. The van der Waals surface area contributed by atoms with Crippen molar-refractivity contribution in [2.75, 3.05) is 19.1 Å². The SMILES string of the molecule is CC(C)(COCc1cccc(Oc2ccccc2)c1)c1ccc(OCCCl)cc1. The van der Waals surface area contributed by atoms with E-state index in [0.29, 0.717) is 25.7 Å². The third kappa shape index (κ3) is 6.52. The Hall–Kier alpha value is -2.49. The highest BCUT2D eigenvalue weighted by atomic mass is 35.5. The van der Waals surface area contributed by atoms with Crippen LogP contribution in [0.4, 0.5) is 0 Å². The van der Waals surface area contributed by atoms with Gasteiger partial charge >= 0.3 is 0 Å². The maximum Gasteiger partial charge on any atom is 0.127 e. The van der Waals surface area contributed by atoms with Crippen molar-refractivity contribution in [2.24, 2.45) is 0 Å². The average Bonchev–Trinajstić information content (AvgIpc) is 2.73. The Morgan fingerprint density at radius 1 is 0.793 bits per heavy atom. The Balaban J connectivity index is 1.54. The van der Waals surface area contributed by atoms with Gasteiger partial charge in [0.25, 0.3) is 0 Å². The molecule has 0 fully saturated rings. The summed E-state index contributed by atoms with van der Waals surface area (Å²) in [5.74, 6) is 2.95. The van der Waals surface area contributed by atoms with Crippen LogP contribution in [-0.2, 0) is 16.8 Å². The first-order chi connectivity index (χ1) is 14.1. The molecule has 0 aliphatic rings. The Labute approximate surface area is 178 Å². The van der Waals surface area contributed by atoms with Gasteiger partial charge in [-0.25, -0.2) is 0 Å². The highest BCUT2D eigenvalue weighted by Gasteiger charge is 2.21. The molecule has 0 aliphatic carbocycles. The lowest BCUT2D eigenvalue weighted by atomic mass is 9.85. The van der Waals surface area contributed by atoms with Gasteiger partial charge in [0.1, 0.15) is 23.9 Å². The Kier molecular flexibility index (Phi) is 7.56. The van der Waals surface area contributed by atoms with Gasteiger partial charge in [0.2, 0.25) is 0 Å². The fraction of sp³-hybridized carbons (Fsp3) is 0.280. The first-order valence-corrected chi connectivity index (χ1v) is 10.3. The molecule has 29 heavy (non-hydrogen) atoms. The molecule has 3 aromatic carbocycles. The lowest BCUT2D eigenvalue weighted by molar-refractivity contribution is 0.0824. The fourth-order valence-corrected chi connectivity index (χ4v) is 3.07. The van der Waals surface area contributed by atoms with Gasteiger partial charge in [-0.05, 0) is 47.5 Å². The van der Waals surface area contributed by atoms with E-state index in [9.17, 15) is 0 Å². The van der Waals surface area contributed by atoms with E-state index in [1.165, 1.54) is 5.56 Å². The molecule has 0 saturated carbocycles. The molecular formula is C25H27ClO3. The lowest BCUT2D eigenvalue weighted by Gasteiger charge is -2.25. The monoisotopic (exact) mass is 410 g/mol. The van der Waals surface area contributed by atoms with E-state index in [2.05, 4.69) is 26.0 Å². The van der Waals surface area contributed by atoms with E-state index in [4.69, 9.17) is 25.8 Å². The smallest absolute Gasteiger partial charge is 0.127 e. The quantitative estimate of drug-likeness (QED) is 0.353. The van der Waals surface area contributed by atoms with E-state index < -0.39 is 0 Å². The minimum atomic E-state index is -0.108. The van der Waals surface area contributed by atoms with Gasteiger partial charge in [-0.15, -0.1) is 11.6 Å². The van der Waals surface area contributed by atoms with Crippen LogP contribution in [0.1, 0.15) is 25.0 Å². The van der Waals surface area contributed by atoms with Crippen LogP contribution in [0.15, 0.2) is 78.9 Å². The third-order valence-electron chi connectivity index (χ3n) is 4.59. The van der Waals surface area contributed by atoms with Gasteiger partial charge in [-0.3, -0.25) is 0 Å². The van der Waals surface area contributed by atoms with Crippen molar-refractivity contribution in [1.82, 2.24) is 0 Å². The zero-order valence-electron chi connectivity index (χ0n) is 16.9. The summed E-state index contributed by atoms with van der Waals surface area (Å²) >= 11 is 5.66. The number of alkyl halides is 1. The zero-order valence-corrected chi connectivity index (χ0v) is 17.7. The van der Waals surface area contributed by atoms with Crippen molar-refractivity contribution in [3.8, 4) is 17.2 Å². The van der Waals surface area contributed by atoms with Crippen LogP contribution in [0.2, 0.25) is 0 Å². The fourth-order valence-electron chi connectivity index (χ4n) is 2.99. The zero-order chi connectivity index (χ0) is 20.5. The van der Waals surface area contributed by atoms with Crippen molar-refractivity contribution in [3.05, 3.63) is 90.0 Å². The van der Waals surface area contributed by atoms with Crippen LogP contribution >= 0.6 is 11.6 Å². The maximum atomic E-state index is 6.04. The molecule has 0 radical (unpaired) electrons. The second kappa shape index (κ2) is 10.3. The average molecular weight is 411 g/mol. The van der Waals surface area contributed by atoms with Crippen LogP contribution in [0.25, 0.3) is 0 Å². The van der Waals surface area contributed by atoms with Crippen LogP contribution in [0.3, 0.4) is 0 Å². The first kappa shape index (κ1) is 21.2. The second-order valence-electron chi connectivity index (χ2n) is 7.50. The Morgan fingerprint density at radius 3 is 2.24 bits per heavy atom. The Morgan fingerprint density at radius 2 is 1.52 bits per heavy atom. The Bertz CT molecular complexity index is 876. The van der Waals surface area contributed by atoms with Crippen molar-refractivity contribution >= 4 is 11.6 Å². The molecule has 0 aromatic heterocycles. The summed E-state index contributed by atoms with van der Waals surface area (Å²) in [6.07, 6.45) is 0. The lowest BCUT2D eigenvalue weighted by Crippen LogP contribution is -2.24. The third-order valence-corrected chi connectivity index (χ3v) is 4.74. The first-order valence-electron chi connectivity index (χ1n) is 9.76. The van der Waals surface area contributed by atoms with E-state index in [1.807, 2.05) is 66.7 Å². The van der Waals surface area contributed by atoms with Crippen LogP contribution in [0, 0.1) is 0 Å². The van der Waals surface area contributed by atoms with Gasteiger partial charge < -0.3 is 14.2 Å². The summed E-state index contributed by atoms with van der Waals surface area (Å²) in [6.45, 7) is 6.01. The molecule has 0 atom stereocenters. The van der Waals surface area contributed by atoms with E-state index in [-0.39, 0.29) is 5.41 Å². The van der Waals surface area contributed by atoms with Gasteiger partial charge in [0.05, 0.1) is 19.1 Å². The number of rotatable bonds is 10. The predicted molar refractivity (Wildman–Crippen MR) is 118 cm³/mol. The summed E-state index contributed by atoms with van der Waals surface area (Å²) in [5.41, 5.74) is 2.18. The predicted octanol–water partition coefficient (Wildman–Crippen LogP) is 6.59. The van der Waals surface area contributed by atoms with Crippen LogP contribution < -0.4 is 9.47 Å². The molecule has 0 aliphatic heterocycles. The summed E-state index contributed by atoms with van der Waals surface area (Å²) in [7, 11) is 0. The summed E-state index contributed by atoms with van der Waals surface area (Å²) in [6, 6.07) is 25.9. The molecule has 0 unspecified atom stereocenters. The molecule has 3 rings (SSSR count). The molecule has 0 spiro atoms. The molecule has 0 saturated heterocycles. The highest BCUT2D eigenvalue weighted by molar-refractivity contribution is 6.18. The number of hydrogen-bond acceptors (Lipinski definition) is 3. The van der Waals surface area contributed by atoms with Crippen molar-refractivity contribution in [2.45, 2.75) is 25.9 Å². The van der Waals surface area contributed by atoms with Crippen molar-refractivity contribution in [1.29, 1.82) is 0 Å². The summed E-state index contributed by atoms with van der Waals surface area (Å²) in [5, 5.41) is 0. The normalized spacial score (nSPS) is 11.3. The largest absolute Gasteiger partial charge is 0.492 e. The number of halogens is 1. The van der Waals surface area contributed by atoms with Crippen LogP contribution in [-0.4, -0.2) is 19.1 Å². The molecule has 0 N–H and O–H groups in total. The second-order valence-corrected chi connectivity index (χ2v) is 7.88. The van der Waals surface area contributed by atoms with E-state index >= 15 is 0 Å². The topological polar surface area (TPSA) is 27.7 Å². The number of benzene rings is 3. The molecule has 0 amide bonds. The van der Waals surface area contributed by atoms with Gasteiger partial charge in [-0.2, -0.15) is 0 Å². The molecular weight excluding hydrogens is 384 g/mol.